The first-order chi connectivity index (χ1) is 10.3. The highest BCUT2D eigenvalue weighted by Crippen LogP contribution is 2.50. The fourth-order valence-corrected chi connectivity index (χ4v) is 2.12. The molecule has 0 radical (unpaired) electrons. The molecule has 0 amide bonds. The summed E-state index contributed by atoms with van der Waals surface area (Å²) in [4.78, 5) is 0. The molecule has 0 unspecified atom stereocenters. The molecule has 2 aromatic rings. The Morgan fingerprint density at radius 2 is 1.41 bits per heavy atom. The van der Waals surface area contributed by atoms with Gasteiger partial charge in [0.05, 0.1) is 5.71 Å². The maximum Gasteiger partial charge on any atom is 0.340 e. The molecule has 0 aliphatic heterocycles. The average Bonchev–Trinajstić information content (AvgIpc) is 2.54. The third kappa shape index (κ3) is 2.56. The second kappa shape index (κ2) is 5.79. The number of halogens is 4. The van der Waals surface area contributed by atoms with Gasteiger partial charge in [-0.05, 0) is 6.92 Å². The summed E-state index contributed by atoms with van der Waals surface area (Å²) in [5.41, 5.74) is -2.07. The SMILES string of the molecule is CC(=NO)c1ccccc1C(F)(F)C(F)(F)c1ccccc1. The standard InChI is InChI=1S/C16H13F4NO/c1-11(21-22)13-9-5-6-10-14(13)16(19,20)15(17,18)12-7-3-2-4-8-12/h2-10,22H,1H3. The van der Waals surface area contributed by atoms with Crippen LogP contribution < -0.4 is 0 Å². The Balaban J connectivity index is 2.60. The number of hydrogen-bond acceptors (Lipinski definition) is 2. The first-order valence-corrected chi connectivity index (χ1v) is 6.42. The number of oxime groups is 1. The lowest BCUT2D eigenvalue weighted by atomic mass is 9.91. The first kappa shape index (κ1) is 16.0. The molecule has 0 heterocycles. The molecule has 22 heavy (non-hydrogen) atoms. The summed E-state index contributed by atoms with van der Waals surface area (Å²) >= 11 is 0. The number of hydrogen-bond donors (Lipinski definition) is 1. The van der Waals surface area contributed by atoms with E-state index in [0.29, 0.717) is 0 Å². The third-order valence-corrected chi connectivity index (χ3v) is 3.34. The van der Waals surface area contributed by atoms with Gasteiger partial charge in [0, 0.05) is 16.7 Å². The van der Waals surface area contributed by atoms with Gasteiger partial charge in [0.15, 0.2) is 0 Å². The van der Waals surface area contributed by atoms with Gasteiger partial charge in [-0.2, -0.15) is 17.6 Å². The van der Waals surface area contributed by atoms with Crippen molar-refractivity contribution in [2.24, 2.45) is 5.16 Å². The minimum Gasteiger partial charge on any atom is -0.411 e. The van der Waals surface area contributed by atoms with Gasteiger partial charge in [-0.3, -0.25) is 0 Å². The van der Waals surface area contributed by atoms with Crippen molar-refractivity contribution in [1.82, 2.24) is 0 Å². The van der Waals surface area contributed by atoms with Crippen LogP contribution in [0.4, 0.5) is 17.6 Å². The van der Waals surface area contributed by atoms with Gasteiger partial charge in [0.2, 0.25) is 0 Å². The fourth-order valence-electron chi connectivity index (χ4n) is 2.12. The smallest absolute Gasteiger partial charge is 0.340 e. The maximum atomic E-state index is 14.5. The van der Waals surface area contributed by atoms with E-state index in [9.17, 15) is 17.6 Å². The zero-order valence-electron chi connectivity index (χ0n) is 11.6. The molecule has 2 rings (SSSR count). The van der Waals surface area contributed by atoms with E-state index in [0.717, 1.165) is 18.2 Å². The van der Waals surface area contributed by atoms with E-state index in [4.69, 9.17) is 5.21 Å². The van der Waals surface area contributed by atoms with Crippen molar-refractivity contribution in [2.75, 3.05) is 0 Å². The molecule has 0 spiro atoms. The normalized spacial score (nSPS) is 13.2. The fraction of sp³-hybridized carbons (Fsp3) is 0.188. The Bertz CT molecular complexity index is 684. The predicted octanol–water partition coefficient (Wildman–Crippen LogP) is 4.77. The molecule has 0 saturated heterocycles. The second-order valence-electron chi connectivity index (χ2n) is 4.75. The minimum atomic E-state index is -4.46. The van der Waals surface area contributed by atoms with E-state index in [1.165, 1.54) is 43.3 Å². The van der Waals surface area contributed by atoms with Crippen LogP contribution in [0.25, 0.3) is 0 Å². The van der Waals surface area contributed by atoms with Crippen molar-refractivity contribution < 1.29 is 22.8 Å². The highest BCUT2D eigenvalue weighted by molar-refractivity contribution is 5.99. The van der Waals surface area contributed by atoms with E-state index in [2.05, 4.69) is 5.16 Å². The van der Waals surface area contributed by atoms with Gasteiger partial charge in [0.1, 0.15) is 0 Å². The van der Waals surface area contributed by atoms with Crippen molar-refractivity contribution in [3.8, 4) is 0 Å². The molecule has 0 aliphatic rings. The van der Waals surface area contributed by atoms with Gasteiger partial charge in [-0.15, -0.1) is 0 Å². The van der Waals surface area contributed by atoms with Crippen molar-refractivity contribution in [2.45, 2.75) is 18.8 Å². The van der Waals surface area contributed by atoms with Crippen molar-refractivity contribution in [3.05, 3.63) is 71.3 Å². The molecular formula is C16H13F4NO. The monoisotopic (exact) mass is 311 g/mol. The summed E-state index contributed by atoms with van der Waals surface area (Å²) < 4.78 is 57.6. The first-order valence-electron chi connectivity index (χ1n) is 6.42. The van der Waals surface area contributed by atoms with E-state index < -0.39 is 23.0 Å². The molecule has 1 N–H and O–H groups in total. The summed E-state index contributed by atoms with van der Waals surface area (Å²) in [6.45, 7) is 1.26. The lowest BCUT2D eigenvalue weighted by Gasteiger charge is -2.28. The largest absolute Gasteiger partial charge is 0.411 e. The van der Waals surface area contributed by atoms with E-state index in [1.54, 1.807) is 0 Å². The zero-order valence-corrected chi connectivity index (χ0v) is 11.6. The van der Waals surface area contributed by atoms with Crippen LogP contribution in [-0.2, 0) is 11.8 Å². The van der Waals surface area contributed by atoms with E-state index in [-0.39, 0.29) is 11.3 Å². The minimum absolute atomic E-state index is 0.167. The summed E-state index contributed by atoms with van der Waals surface area (Å²) in [6.07, 6.45) is 0. The van der Waals surface area contributed by atoms with Crippen molar-refractivity contribution in [1.29, 1.82) is 0 Å². The van der Waals surface area contributed by atoms with Crippen LogP contribution in [0, 0.1) is 0 Å². The molecule has 2 aromatic carbocycles. The van der Waals surface area contributed by atoms with Crippen LogP contribution in [0.2, 0.25) is 0 Å². The number of benzene rings is 2. The van der Waals surface area contributed by atoms with Gasteiger partial charge < -0.3 is 5.21 Å². The number of nitrogens with zero attached hydrogens (tertiary/aromatic N) is 1. The highest BCUT2D eigenvalue weighted by atomic mass is 19.3. The Morgan fingerprint density at radius 1 is 0.864 bits per heavy atom. The quantitative estimate of drug-likeness (QED) is 0.375. The number of alkyl halides is 4. The molecule has 0 saturated carbocycles. The Labute approximate surface area is 124 Å². The zero-order chi connectivity index (χ0) is 16.4. The average molecular weight is 311 g/mol. The van der Waals surface area contributed by atoms with Gasteiger partial charge in [-0.1, -0.05) is 59.8 Å². The Hall–Kier alpha value is -2.37. The van der Waals surface area contributed by atoms with E-state index in [1.807, 2.05) is 0 Å². The predicted molar refractivity (Wildman–Crippen MR) is 74.7 cm³/mol. The summed E-state index contributed by atoms with van der Waals surface area (Å²) in [7, 11) is 0. The number of rotatable bonds is 4. The van der Waals surface area contributed by atoms with E-state index >= 15 is 0 Å². The Morgan fingerprint density at radius 3 is 2.00 bits per heavy atom. The van der Waals surface area contributed by atoms with Gasteiger partial charge in [0.25, 0.3) is 0 Å². The molecular weight excluding hydrogens is 298 g/mol. The summed E-state index contributed by atoms with van der Waals surface area (Å²) in [5, 5.41) is 11.6. The van der Waals surface area contributed by atoms with Crippen molar-refractivity contribution >= 4 is 5.71 Å². The van der Waals surface area contributed by atoms with Crippen LogP contribution in [0.3, 0.4) is 0 Å². The van der Waals surface area contributed by atoms with Crippen LogP contribution in [-0.4, -0.2) is 10.9 Å². The molecule has 6 heteroatoms. The molecule has 0 bridgehead atoms. The summed E-state index contributed by atoms with van der Waals surface area (Å²) in [6, 6.07) is 10.7. The maximum absolute atomic E-state index is 14.5. The molecule has 2 nitrogen and oxygen atoms in total. The van der Waals surface area contributed by atoms with Crippen molar-refractivity contribution in [3.63, 3.8) is 0 Å². The lowest BCUT2D eigenvalue weighted by molar-refractivity contribution is -0.223. The van der Waals surface area contributed by atoms with Crippen LogP contribution in [0.5, 0.6) is 0 Å². The molecule has 0 aliphatic carbocycles. The topological polar surface area (TPSA) is 32.6 Å². The summed E-state index contributed by atoms with van der Waals surface area (Å²) in [5.74, 6) is -8.86. The third-order valence-electron chi connectivity index (χ3n) is 3.34. The van der Waals surface area contributed by atoms with Gasteiger partial charge >= 0.3 is 11.8 Å². The lowest BCUT2D eigenvalue weighted by Crippen LogP contribution is -2.36. The molecule has 0 fully saturated rings. The Kier molecular flexibility index (Phi) is 4.21. The van der Waals surface area contributed by atoms with Crippen LogP contribution in [0.1, 0.15) is 23.6 Å². The second-order valence-corrected chi connectivity index (χ2v) is 4.75. The molecule has 0 aromatic heterocycles. The van der Waals surface area contributed by atoms with Gasteiger partial charge in [-0.25, -0.2) is 0 Å². The highest BCUT2D eigenvalue weighted by Gasteiger charge is 2.59. The molecule has 0 atom stereocenters. The molecule has 116 valence electrons. The van der Waals surface area contributed by atoms with Crippen LogP contribution >= 0.6 is 0 Å². The van der Waals surface area contributed by atoms with Crippen LogP contribution in [0.15, 0.2) is 59.8 Å².